The first-order chi connectivity index (χ1) is 13.0. The molecule has 1 aliphatic heterocycles. The van der Waals surface area contributed by atoms with E-state index in [0.717, 1.165) is 65.9 Å². The maximum Gasteiger partial charge on any atom is 0.265 e. The molecule has 146 valence electrons. The van der Waals surface area contributed by atoms with Gasteiger partial charge in [0, 0.05) is 32.7 Å². The number of aryl methyl sites for hydroxylation is 2. The van der Waals surface area contributed by atoms with Crippen molar-refractivity contribution in [2.24, 2.45) is 0 Å². The van der Waals surface area contributed by atoms with Crippen molar-refractivity contribution in [3.05, 3.63) is 27.3 Å². The van der Waals surface area contributed by atoms with Crippen LogP contribution in [-0.2, 0) is 10.2 Å². The zero-order chi connectivity index (χ0) is 19.0. The van der Waals surface area contributed by atoms with Crippen molar-refractivity contribution < 1.29 is 14.1 Å². The summed E-state index contributed by atoms with van der Waals surface area (Å²) in [5.41, 5.74) is 0.500. The zero-order valence-electron chi connectivity index (χ0n) is 16.2. The highest BCUT2D eigenvalue weighted by atomic mass is 32.1. The van der Waals surface area contributed by atoms with E-state index >= 15 is 0 Å². The van der Waals surface area contributed by atoms with Gasteiger partial charge in [-0.05, 0) is 46.0 Å². The SMILES string of the molecule is COCCC1(c2noc(C3CC3)n2)CCCN(C(=O)c2sc(C)nc2C)C1. The lowest BCUT2D eigenvalue weighted by Gasteiger charge is -2.40. The normalized spacial score (nSPS) is 23.0. The molecule has 4 rings (SSSR count). The number of carbonyl (C=O) groups is 1. The predicted octanol–water partition coefficient (Wildman–Crippen LogP) is 3.23. The first-order valence-corrected chi connectivity index (χ1v) is 10.4. The number of carbonyl (C=O) groups excluding carboxylic acids is 1. The van der Waals surface area contributed by atoms with Crippen LogP contribution in [0.1, 0.15) is 70.1 Å². The first-order valence-electron chi connectivity index (χ1n) is 9.59. The molecule has 0 radical (unpaired) electrons. The van der Waals surface area contributed by atoms with Gasteiger partial charge in [-0.2, -0.15) is 4.98 Å². The minimum absolute atomic E-state index is 0.0607. The monoisotopic (exact) mass is 390 g/mol. The number of likely N-dealkylation sites (tertiary alicyclic amines) is 1. The molecule has 8 heteroatoms. The minimum atomic E-state index is -0.311. The van der Waals surface area contributed by atoms with Crippen molar-refractivity contribution in [2.45, 2.75) is 57.3 Å². The van der Waals surface area contributed by atoms with Crippen LogP contribution in [0.15, 0.2) is 4.52 Å². The second kappa shape index (κ2) is 7.31. The van der Waals surface area contributed by atoms with E-state index in [-0.39, 0.29) is 11.3 Å². The van der Waals surface area contributed by atoms with Crippen molar-refractivity contribution >= 4 is 17.2 Å². The van der Waals surface area contributed by atoms with Crippen LogP contribution < -0.4 is 0 Å². The molecule has 1 aliphatic carbocycles. The van der Waals surface area contributed by atoms with E-state index in [1.165, 1.54) is 11.3 Å². The molecule has 3 heterocycles. The molecule has 1 amide bonds. The number of hydrogen-bond acceptors (Lipinski definition) is 7. The number of piperidine rings is 1. The summed E-state index contributed by atoms with van der Waals surface area (Å²) in [6.45, 7) is 5.78. The van der Waals surface area contributed by atoms with Crippen LogP contribution in [0, 0.1) is 13.8 Å². The lowest BCUT2D eigenvalue weighted by atomic mass is 9.76. The Bertz CT molecular complexity index is 829. The topological polar surface area (TPSA) is 81.4 Å². The van der Waals surface area contributed by atoms with Gasteiger partial charge in [-0.3, -0.25) is 4.79 Å². The molecule has 1 atom stereocenters. The lowest BCUT2D eigenvalue weighted by molar-refractivity contribution is 0.0570. The number of hydrogen-bond donors (Lipinski definition) is 0. The number of amides is 1. The minimum Gasteiger partial charge on any atom is -0.385 e. The lowest BCUT2D eigenvalue weighted by Crippen LogP contribution is -2.49. The van der Waals surface area contributed by atoms with Gasteiger partial charge in [0.2, 0.25) is 5.89 Å². The number of nitrogens with zero attached hydrogens (tertiary/aromatic N) is 4. The molecule has 2 fully saturated rings. The quantitative estimate of drug-likeness (QED) is 0.753. The van der Waals surface area contributed by atoms with Crippen LogP contribution in [0.25, 0.3) is 0 Å². The van der Waals surface area contributed by atoms with E-state index in [2.05, 4.69) is 10.1 Å². The van der Waals surface area contributed by atoms with Gasteiger partial charge in [-0.1, -0.05) is 5.16 Å². The van der Waals surface area contributed by atoms with Crippen molar-refractivity contribution in [1.29, 1.82) is 0 Å². The van der Waals surface area contributed by atoms with Crippen molar-refractivity contribution in [3.63, 3.8) is 0 Å². The van der Waals surface area contributed by atoms with Crippen molar-refractivity contribution in [3.8, 4) is 0 Å². The Kier molecular flexibility index (Phi) is 5.03. The zero-order valence-corrected chi connectivity index (χ0v) is 17.0. The molecule has 7 nitrogen and oxygen atoms in total. The molecule has 27 heavy (non-hydrogen) atoms. The van der Waals surface area contributed by atoms with Crippen LogP contribution in [0.3, 0.4) is 0 Å². The number of ether oxygens (including phenoxy) is 1. The Morgan fingerprint density at radius 1 is 1.37 bits per heavy atom. The Labute approximate surface area is 163 Å². The summed E-state index contributed by atoms with van der Waals surface area (Å²) in [4.78, 5) is 25.0. The summed E-state index contributed by atoms with van der Waals surface area (Å²) in [6.07, 6.45) is 4.88. The Balaban J connectivity index is 1.60. The van der Waals surface area contributed by atoms with Crippen molar-refractivity contribution in [1.82, 2.24) is 20.0 Å². The molecular formula is C19H26N4O3S. The van der Waals surface area contributed by atoms with Crippen LogP contribution >= 0.6 is 11.3 Å². The Hall–Kier alpha value is -1.80. The molecular weight excluding hydrogens is 364 g/mol. The molecule has 1 unspecified atom stereocenters. The van der Waals surface area contributed by atoms with Crippen LogP contribution in [-0.4, -0.2) is 52.7 Å². The highest BCUT2D eigenvalue weighted by Crippen LogP contribution is 2.42. The summed E-state index contributed by atoms with van der Waals surface area (Å²) < 4.78 is 10.9. The van der Waals surface area contributed by atoms with Gasteiger partial charge in [0.15, 0.2) is 5.82 Å². The summed E-state index contributed by atoms with van der Waals surface area (Å²) in [6, 6.07) is 0. The Morgan fingerprint density at radius 2 is 2.19 bits per heavy atom. The fourth-order valence-corrected chi connectivity index (χ4v) is 4.81. The van der Waals surface area contributed by atoms with Gasteiger partial charge in [0.25, 0.3) is 5.91 Å². The van der Waals surface area contributed by atoms with E-state index in [1.807, 2.05) is 18.7 Å². The van der Waals surface area contributed by atoms with Gasteiger partial charge >= 0.3 is 0 Å². The van der Waals surface area contributed by atoms with Gasteiger partial charge in [0.05, 0.1) is 16.1 Å². The highest BCUT2D eigenvalue weighted by Gasteiger charge is 2.43. The fourth-order valence-electron chi connectivity index (χ4n) is 3.92. The third kappa shape index (κ3) is 3.65. The smallest absolute Gasteiger partial charge is 0.265 e. The highest BCUT2D eigenvalue weighted by molar-refractivity contribution is 7.13. The standard InChI is InChI=1S/C19H26N4O3S/c1-12-15(27-13(2)20-12)17(24)23-9-4-7-19(11-23,8-10-25-3)18-21-16(26-22-18)14-5-6-14/h14H,4-11H2,1-3H3. The van der Waals surface area contributed by atoms with E-state index in [9.17, 15) is 4.79 Å². The fraction of sp³-hybridized carbons (Fsp3) is 0.684. The van der Waals surface area contributed by atoms with E-state index < -0.39 is 0 Å². The van der Waals surface area contributed by atoms with Gasteiger partial charge in [0.1, 0.15) is 4.88 Å². The van der Waals surface area contributed by atoms with Gasteiger partial charge in [-0.25, -0.2) is 4.98 Å². The number of rotatable bonds is 6. The summed E-state index contributed by atoms with van der Waals surface area (Å²) in [5, 5.41) is 5.25. The van der Waals surface area contributed by atoms with Crippen LogP contribution in [0.2, 0.25) is 0 Å². The van der Waals surface area contributed by atoms with E-state index in [1.54, 1.807) is 7.11 Å². The summed E-state index contributed by atoms with van der Waals surface area (Å²) >= 11 is 1.47. The summed E-state index contributed by atoms with van der Waals surface area (Å²) in [5.74, 6) is 1.97. The van der Waals surface area contributed by atoms with Gasteiger partial charge < -0.3 is 14.2 Å². The maximum absolute atomic E-state index is 13.2. The van der Waals surface area contributed by atoms with E-state index in [0.29, 0.717) is 19.1 Å². The van der Waals surface area contributed by atoms with Crippen LogP contribution in [0.5, 0.6) is 0 Å². The molecule has 0 bridgehead atoms. The second-order valence-corrected chi connectivity index (χ2v) is 8.93. The molecule has 2 aromatic heterocycles. The molecule has 2 aliphatic rings. The molecule has 0 aromatic carbocycles. The predicted molar refractivity (Wildman–Crippen MR) is 101 cm³/mol. The average molecular weight is 391 g/mol. The number of methoxy groups -OCH3 is 1. The Morgan fingerprint density at radius 3 is 2.85 bits per heavy atom. The van der Waals surface area contributed by atoms with Crippen molar-refractivity contribution in [2.75, 3.05) is 26.8 Å². The number of aromatic nitrogens is 3. The molecule has 2 aromatic rings. The first kappa shape index (κ1) is 18.6. The average Bonchev–Trinajstić information content (AvgIpc) is 3.29. The summed E-state index contributed by atoms with van der Waals surface area (Å²) in [7, 11) is 1.70. The second-order valence-electron chi connectivity index (χ2n) is 7.73. The molecule has 0 spiro atoms. The largest absolute Gasteiger partial charge is 0.385 e. The molecule has 0 N–H and O–H groups in total. The molecule has 1 saturated carbocycles. The van der Waals surface area contributed by atoms with Gasteiger partial charge in [-0.15, -0.1) is 11.3 Å². The van der Waals surface area contributed by atoms with Crippen LogP contribution in [0.4, 0.5) is 0 Å². The molecule has 1 saturated heterocycles. The third-order valence-electron chi connectivity index (χ3n) is 5.59. The number of thiazole rings is 1. The van der Waals surface area contributed by atoms with E-state index in [4.69, 9.17) is 14.2 Å². The maximum atomic E-state index is 13.2. The third-order valence-corrected chi connectivity index (χ3v) is 6.65.